The van der Waals surface area contributed by atoms with Crippen molar-refractivity contribution in [2.45, 2.75) is 71.9 Å². The molecule has 0 spiro atoms. The number of hydrogen-bond acceptors (Lipinski definition) is 6. The molecular weight excluding hydrogens is 559 g/mol. The van der Waals surface area contributed by atoms with Crippen molar-refractivity contribution in [1.29, 1.82) is 0 Å². The molecule has 5 heterocycles. The van der Waals surface area contributed by atoms with Gasteiger partial charge in [0.1, 0.15) is 11.4 Å². The summed E-state index contributed by atoms with van der Waals surface area (Å²) in [6.07, 6.45) is 9.68. The number of hydrogen-bond donors (Lipinski definition) is 1. The topological polar surface area (TPSA) is 102 Å². The lowest BCUT2D eigenvalue weighted by atomic mass is 9.96. The lowest BCUT2D eigenvalue weighted by molar-refractivity contribution is -0.129. The van der Waals surface area contributed by atoms with Gasteiger partial charge in [-0.25, -0.2) is 4.39 Å². The molecule has 0 radical (unpaired) electrons. The third kappa shape index (κ3) is 6.36. The Bertz CT molecular complexity index is 1630. The monoisotopic (exact) mass is 600 g/mol. The average molecular weight is 601 g/mol. The number of nitrogens with zero attached hydrogens (tertiary/aromatic N) is 5. The normalized spacial score (nSPS) is 15.0. The van der Waals surface area contributed by atoms with Crippen LogP contribution in [0.3, 0.4) is 0 Å². The molecule has 1 fully saturated rings. The number of rotatable bonds is 6. The Kier molecular flexibility index (Phi) is 9.99. The summed E-state index contributed by atoms with van der Waals surface area (Å²) in [6.45, 7) is 8.52. The molecule has 1 N–H and O–H groups in total. The smallest absolute Gasteiger partial charge is 0.269 e. The number of amides is 2. The largest absolute Gasteiger partial charge is 0.381 e. The maximum Gasteiger partial charge on any atom is 0.269 e. The van der Waals surface area contributed by atoms with E-state index in [-0.39, 0.29) is 29.2 Å². The third-order valence-electron chi connectivity index (χ3n) is 8.40. The summed E-state index contributed by atoms with van der Waals surface area (Å²) in [6, 6.07) is 8.91. The predicted molar refractivity (Wildman–Crippen MR) is 169 cm³/mol. The molecule has 232 valence electrons. The van der Waals surface area contributed by atoms with E-state index in [4.69, 9.17) is 9.84 Å². The zero-order chi connectivity index (χ0) is 31.2. The lowest BCUT2D eigenvalue weighted by Gasteiger charge is -2.29. The lowest BCUT2D eigenvalue weighted by Crippen LogP contribution is -2.35. The van der Waals surface area contributed by atoms with Crippen LogP contribution in [-0.4, -0.2) is 63.3 Å². The van der Waals surface area contributed by atoms with Crippen molar-refractivity contribution in [2.24, 2.45) is 0 Å². The van der Waals surface area contributed by atoms with E-state index in [2.05, 4.69) is 33.8 Å². The van der Waals surface area contributed by atoms with Gasteiger partial charge in [0.25, 0.3) is 5.91 Å². The number of aromatic nitrogens is 4. The van der Waals surface area contributed by atoms with E-state index in [1.807, 2.05) is 17.0 Å². The van der Waals surface area contributed by atoms with Crippen LogP contribution in [0.1, 0.15) is 80.7 Å². The van der Waals surface area contributed by atoms with E-state index in [1.54, 1.807) is 31.3 Å². The molecule has 2 aliphatic rings. The number of benzene rings is 1. The standard InChI is InChI=1S/C29H29FN6O3.C5H12/c1-17(37)35-11-8-25-23(16-35)28(34-36(25)19-9-12-39-13-10-19)21-5-3-4-20-22(21)15-33-27(26(20)30)18-6-7-24(32-14-18)29(38)31-2;1-3-5-4-2/h3-7,14-15,19H,8-13,16H2,1-2H3,(H,31,38);3-5H2,1-2H3. The fourth-order valence-electron chi connectivity index (χ4n) is 5.93. The molecule has 0 bridgehead atoms. The van der Waals surface area contributed by atoms with Crippen molar-refractivity contribution >= 4 is 22.6 Å². The van der Waals surface area contributed by atoms with Gasteiger partial charge in [-0.05, 0) is 25.0 Å². The van der Waals surface area contributed by atoms with E-state index in [1.165, 1.54) is 32.5 Å². The summed E-state index contributed by atoms with van der Waals surface area (Å²) < 4.78 is 23.6. The number of halogens is 1. The Morgan fingerprint density at radius 1 is 1.02 bits per heavy atom. The number of ether oxygens (including phenoxy) is 1. The second-order valence-electron chi connectivity index (χ2n) is 11.3. The fourth-order valence-corrected chi connectivity index (χ4v) is 5.93. The second-order valence-corrected chi connectivity index (χ2v) is 11.3. The van der Waals surface area contributed by atoms with E-state index >= 15 is 4.39 Å². The van der Waals surface area contributed by atoms with Crippen molar-refractivity contribution in [3.8, 4) is 22.5 Å². The van der Waals surface area contributed by atoms with Gasteiger partial charge in [-0.15, -0.1) is 0 Å². The highest BCUT2D eigenvalue weighted by Crippen LogP contribution is 2.38. The quantitative estimate of drug-likeness (QED) is 0.287. The van der Waals surface area contributed by atoms with Gasteiger partial charge >= 0.3 is 0 Å². The molecule has 3 aromatic heterocycles. The Balaban J connectivity index is 0.000000712. The van der Waals surface area contributed by atoms with E-state index < -0.39 is 5.82 Å². The van der Waals surface area contributed by atoms with E-state index in [9.17, 15) is 9.59 Å². The molecule has 9 nitrogen and oxygen atoms in total. The summed E-state index contributed by atoms with van der Waals surface area (Å²) in [5, 5.41) is 8.69. The number of fused-ring (bicyclic) bond motifs is 2. The maximum atomic E-state index is 15.9. The minimum atomic E-state index is -0.466. The van der Waals surface area contributed by atoms with Gasteiger partial charge in [-0.1, -0.05) is 51.3 Å². The second kappa shape index (κ2) is 14.1. The molecule has 0 unspecified atom stereocenters. The van der Waals surface area contributed by atoms with Gasteiger partial charge in [-0.2, -0.15) is 5.10 Å². The molecule has 2 amide bonds. The highest BCUT2D eigenvalue weighted by Gasteiger charge is 2.31. The molecule has 44 heavy (non-hydrogen) atoms. The van der Waals surface area contributed by atoms with Gasteiger partial charge in [-0.3, -0.25) is 24.2 Å². The molecule has 4 aromatic rings. The number of carbonyl (C=O) groups is 2. The number of carbonyl (C=O) groups excluding carboxylic acids is 2. The fraction of sp³-hybridized carbons (Fsp3) is 0.441. The average Bonchev–Trinajstić information content (AvgIpc) is 3.44. The van der Waals surface area contributed by atoms with Crippen LogP contribution in [-0.2, 0) is 22.5 Å². The van der Waals surface area contributed by atoms with Gasteiger partial charge < -0.3 is 15.0 Å². The van der Waals surface area contributed by atoms with Crippen LogP contribution >= 0.6 is 0 Å². The number of nitrogens with one attached hydrogen (secondary N) is 1. The highest BCUT2D eigenvalue weighted by atomic mass is 19.1. The predicted octanol–water partition coefficient (Wildman–Crippen LogP) is 6.11. The summed E-state index contributed by atoms with van der Waals surface area (Å²) in [4.78, 5) is 34.6. The number of unbranched alkanes of at least 4 members (excludes halogenated alkanes) is 2. The first-order valence-electron chi connectivity index (χ1n) is 15.6. The summed E-state index contributed by atoms with van der Waals surface area (Å²) >= 11 is 0. The highest BCUT2D eigenvalue weighted by molar-refractivity contribution is 5.98. The first-order valence-corrected chi connectivity index (χ1v) is 15.6. The Morgan fingerprint density at radius 2 is 1.80 bits per heavy atom. The molecule has 0 atom stereocenters. The maximum absolute atomic E-state index is 15.9. The molecule has 1 saturated heterocycles. The summed E-state index contributed by atoms with van der Waals surface area (Å²) in [7, 11) is 1.53. The summed E-state index contributed by atoms with van der Waals surface area (Å²) in [5.41, 5.74) is 4.57. The number of pyridine rings is 2. The molecular formula is C34H41FN6O3. The van der Waals surface area contributed by atoms with Crippen molar-refractivity contribution in [1.82, 2.24) is 30.0 Å². The van der Waals surface area contributed by atoms with Crippen molar-refractivity contribution in [2.75, 3.05) is 26.8 Å². The van der Waals surface area contributed by atoms with Crippen LogP contribution in [0.15, 0.2) is 42.7 Å². The van der Waals surface area contributed by atoms with Gasteiger partial charge in [0.2, 0.25) is 5.91 Å². The van der Waals surface area contributed by atoms with Gasteiger partial charge in [0.15, 0.2) is 5.82 Å². The molecule has 0 aliphatic carbocycles. The minimum absolute atomic E-state index is 0.0248. The molecule has 0 saturated carbocycles. The molecule has 1 aromatic carbocycles. The zero-order valence-corrected chi connectivity index (χ0v) is 26.0. The van der Waals surface area contributed by atoms with Crippen LogP contribution in [0.25, 0.3) is 33.3 Å². The Labute approximate surface area is 257 Å². The SMILES string of the molecule is CCCCC.CNC(=O)c1ccc(-c2ncc3c(-c4nn(C5CCOCC5)c5c4CN(C(C)=O)CC5)cccc3c2F)cn1. The Hall–Kier alpha value is -4.18. The van der Waals surface area contributed by atoms with Crippen LogP contribution in [0.2, 0.25) is 0 Å². The molecule has 10 heteroatoms. The van der Waals surface area contributed by atoms with Crippen molar-refractivity contribution < 1.29 is 18.7 Å². The van der Waals surface area contributed by atoms with Crippen LogP contribution in [0.4, 0.5) is 4.39 Å². The van der Waals surface area contributed by atoms with E-state index in [0.29, 0.717) is 42.6 Å². The van der Waals surface area contributed by atoms with Gasteiger partial charge in [0, 0.05) is 92.2 Å². The van der Waals surface area contributed by atoms with Crippen molar-refractivity contribution in [3.05, 3.63) is 65.5 Å². The molecule has 6 rings (SSSR count). The minimum Gasteiger partial charge on any atom is -0.381 e. The molecule has 2 aliphatic heterocycles. The first kappa shape index (κ1) is 31.3. The van der Waals surface area contributed by atoms with Crippen LogP contribution < -0.4 is 5.32 Å². The summed E-state index contributed by atoms with van der Waals surface area (Å²) in [5.74, 6) is -0.756. The zero-order valence-electron chi connectivity index (χ0n) is 26.0. The van der Waals surface area contributed by atoms with E-state index in [0.717, 1.165) is 41.8 Å². The van der Waals surface area contributed by atoms with Gasteiger partial charge in [0.05, 0.1) is 11.7 Å². The first-order chi connectivity index (χ1) is 21.4. The van der Waals surface area contributed by atoms with Crippen molar-refractivity contribution in [3.63, 3.8) is 0 Å². The Morgan fingerprint density at radius 3 is 2.43 bits per heavy atom. The van der Waals surface area contributed by atoms with Crippen LogP contribution in [0, 0.1) is 5.82 Å². The third-order valence-corrected chi connectivity index (χ3v) is 8.40. The van der Waals surface area contributed by atoms with Crippen LogP contribution in [0.5, 0.6) is 0 Å².